The van der Waals surface area contributed by atoms with Crippen molar-refractivity contribution < 1.29 is 9.47 Å². The molecule has 0 radical (unpaired) electrons. The monoisotopic (exact) mass is 148 g/mol. The fourth-order valence-corrected chi connectivity index (χ4v) is 0.446. The topological polar surface area (TPSA) is 70.5 Å². The molecule has 0 atom stereocenters. The standard InChI is InChI=1S/C6H16N2O2/c7-2-1-4-9-6-10-5-3-8/h1-8H2. The third-order valence-electron chi connectivity index (χ3n) is 0.922. The highest BCUT2D eigenvalue weighted by atomic mass is 16.7. The van der Waals surface area contributed by atoms with Crippen molar-refractivity contribution in [1.29, 1.82) is 0 Å². The quantitative estimate of drug-likeness (QED) is 0.369. The minimum atomic E-state index is 0.331. The van der Waals surface area contributed by atoms with Crippen molar-refractivity contribution in [3.8, 4) is 0 Å². The highest BCUT2D eigenvalue weighted by molar-refractivity contribution is 4.33. The molecular formula is C6H16N2O2. The summed E-state index contributed by atoms with van der Waals surface area (Å²) in [5, 5.41) is 0. The Kier molecular flexibility index (Phi) is 8.70. The van der Waals surface area contributed by atoms with Gasteiger partial charge in [-0.1, -0.05) is 0 Å². The molecule has 0 aliphatic rings. The molecule has 0 aliphatic carbocycles. The lowest BCUT2D eigenvalue weighted by Gasteiger charge is -2.02. The van der Waals surface area contributed by atoms with Crippen LogP contribution in [0.2, 0.25) is 0 Å². The molecule has 4 nitrogen and oxygen atoms in total. The summed E-state index contributed by atoms with van der Waals surface area (Å²) in [5.41, 5.74) is 10.4. The van der Waals surface area contributed by atoms with Crippen molar-refractivity contribution >= 4 is 0 Å². The molecule has 0 rings (SSSR count). The predicted molar refractivity (Wildman–Crippen MR) is 39.5 cm³/mol. The first kappa shape index (κ1) is 9.84. The minimum absolute atomic E-state index is 0.331. The first-order valence-electron chi connectivity index (χ1n) is 3.47. The van der Waals surface area contributed by atoms with Gasteiger partial charge < -0.3 is 20.9 Å². The van der Waals surface area contributed by atoms with E-state index in [2.05, 4.69) is 0 Å². The highest BCUT2D eigenvalue weighted by Crippen LogP contribution is 1.80. The third-order valence-corrected chi connectivity index (χ3v) is 0.922. The van der Waals surface area contributed by atoms with Gasteiger partial charge in [-0.2, -0.15) is 0 Å². The predicted octanol–water partition coefficient (Wildman–Crippen LogP) is -0.715. The second kappa shape index (κ2) is 8.84. The van der Waals surface area contributed by atoms with E-state index in [1.807, 2.05) is 0 Å². The number of hydrogen-bond acceptors (Lipinski definition) is 4. The fourth-order valence-electron chi connectivity index (χ4n) is 0.446. The van der Waals surface area contributed by atoms with E-state index < -0.39 is 0 Å². The van der Waals surface area contributed by atoms with Gasteiger partial charge in [0.25, 0.3) is 0 Å². The van der Waals surface area contributed by atoms with Crippen molar-refractivity contribution in [2.75, 3.05) is 33.1 Å². The molecule has 0 spiro atoms. The fraction of sp³-hybridized carbons (Fsp3) is 1.00. The van der Waals surface area contributed by atoms with Gasteiger partial charge in [0.15, 0.2) is 0 Å². The van der Waals surface area contributed by atoms with E-state index in [4.69, 9.17) is 20.9 Å². The summed E-state index contributed by atoms with van der Waals surface area (Å²) in [4.78, 5) is 0. The molecule has 0 heterocycles. The zero-order valence-corrected chi connectivity index (χ0v) is 6.21. The smallest absolute Gasteiger partial charge is 0.146 e. The Morgan fingerprint density at radius 3 is 2.20 bits per heavy atom. The summed E-state index contributed by atoms with van der Waals surface area (Å²) in [6, 6.07) is 0. The van der Waals surface area contributed by atoms with E-state index in [0.717, 1.165) is 6.42 Å². The number of ether oxygens (including phenoxy) is 2. The van der Waals surface area contributed by atoms with Gasteiger partial charge in [0, 0.05) is 6.54 Å². The van der Waals surface area contributed by atoms with Gasteiger partial charge in [-0.25, -0.2) is 0 Å². The Morgan fingerprint density at radius 1 is 0.900 bits per heavy atom. The largest absolute Gasteiger partial charge is 0.355 e. The maximum Gasteiger partial charge on any atom is 0.146 e. The van der Waals surface area contributed by atoms with Crippen LogP contribution >= 0.6 is 0 Å². The molecule has 0 bridgehead atoms. The molecule has 0 aliphatic heterocycles. The summed E-state index contributed by atoms with van der Waals surface area (Å²) >= 11 is 0. The van der Waals surface area contributed by atoms with Crippen LogP contribution < -0.4 is 11.5 Å². The van der Waals surface area contributed by atoms with E-state index in [1.54, 1.807) is 0 Å². The molecule has 0 aromatic carbocycles. The van der Waals surface area contributed by atoms with Gasteiger partial charge >= 0.3 is 0 Å². The van der Waals surface area contributed by atoms with Gasteiger partial charge in [-0.3, -0.25) is 0 Å². The van der Waals surface area contributed by atoms with Crippen LogP contribution in [0.3, 0.4) is 0 Å². The molecule has 10 heavy (non-hydrogen) atoms. The summed E-state index contributed by atoms with van der Waals surface area (Å²) < 4.78 is 9.96. The Balaban J connectivity index is 2.65. The van der Waals surface area contributed by atoms with Crippen LogP contribution in [-0.4, -0.2) is 33.1 Å². The Morgan fingerprint density at radius 2 is 1.60 bits per heavy atom. The first-order valence-corrected chi connectivity index (χ1v) is 3.47. The molecule has 0 amide bonds. The molecule has 0 aromatic rings. The highest BCUT2D eigenvalue weighted by Gasteiger charge is 1.85. The lowest BCUT2D eigenvalue weighted by molar-refractivity contribution is -0.0510. The van der Waals surface area contributed by atoms with E-state index in [0.29, 0.717) is 33.1 Å². The molecule has 0 saturated heterocycles. The van der Waals surface area contributed by atoms with Crippen molar-refractivity contribution in [3.05, 3.63) is 0 Å². The SMILES string of the molecule is NCCCOCOCCN. The van der Waals surface area contributed by atoms with E-state index >= 15 is 0 Å². The van der Waals surface area contributed by atoms with Crippen LogP contribution in [0.25, 0.3) is 0 Å². The van der Waals surface area contributed by atoms with Gasteiger partial charge in [-0.05, 0) is 13.0 Å². The summed E-state index contributed by atoms with van der Waals surface area (Å²) in [7, 11) is 0. The Labute approximate surface area is 61.5 Å². The zero-order valence-electron chi connectivity index (χ0n) is 6.21. The summed E-state index contributed by atoms with van der Waals surface area (Å²) in [6.07, 6.45) is 0.881. The number of nitrogens with two attached hydrogens (primary N) is 2. The van der Waals surface area contributed by atoms with E-state index in [-0.39, 0.29) is 0 Å². The van der Waals surface area contributed by atoms with Crippen LogP contribution in [0.5, 0.6) is 0 Å². The molecule has 62 valence electrons. The molecule has 0 fully saturated rings. The van der Waals surface area contributed by atoms with E-state index in [1.165, 1.54) is 0 Å². The van der Waals surface area contributed by atoms with Gasteiger partial charge in [-0.15, -0.1) is 0 Å². The lowest BCUT2D eigenvalue weighted by Crippen LogP contribution is -2.12. The first-order chi connectivity index (χ1) is 4.91. The summed E-state index contributed by atoms with van der Waals surface area (Å²) in [5.74, 6) is 0. The molecule has 0 aromatic heterocycles. The lowest BCUT2D eigenvalue weighted by atomic mass is 10.5. The van der Waals surface area contributed by atoms with Crippen LogP contribution in [0.1, 0.15) is 6.42 Å². The number of rotatable bonds is 7. The minimum Gasteiger partial charge on any atom is -0.355 e. The van der Waals surface area contributed by atoms with Gasteiger partial charge in [0.1, 0.15) is 6.79 Å². The Hall–Kier alpha value is -0.160. The van der Waals surface area contributed by atoms with Crippen molar-refractivity contribution in [3.63, 3.8) is 0 Å². The van der Waals surface area contributed by atoms with Crippen LogP contribution in [0.15, 0.2) is 0 Å². The Bertz CT molecular complexity index is 53.7. The normalized spacial score (nSPS) is 10.2. The van der Waals surface area contributed by atoms with Gasteiger partial charge in [0.2, 0.25) is 0 Å². The summed E-state index contributed by atoms with van der Waals surface area (Å²) in [6.45, 7) is 2.76. The average Bonchev–Trinajstić information content (AvgIpc) is 1.97. The van der Waals surface area contributed by atoms with Crippen LogP contribution in [0, 0.1) is 0 Å². The van der Waals surface area contributed by atoms with Crippen molar-refractivity contribution in [2.45, 2.75) is 6.42 Å². The maximum atomic E-state index is 5.23. The van der Waals surface area contributed by atoms with Gasteiger partial charge in [0.05, 0.1) is 13.2 Å². The average molecular weight is 148 g/mol. The van der Waals surface area contributed by atoms with Crippen LogP contribution in [0.4, 0.5) is 0 Å². The molecule has 0 unspecified atom stereocenters. The number of hydrogen-bond donors (Lipinski definition) is 2. The molecule has 4 heteroatoms. The second-order valence-electron chi connectivity index (χ2n) is 1.87. The van der Waals surface area contributed by atoms with E-state index in [9.17, 15) is 0 Å². The molecular weight excluding hydrogens is 132 g/mol. The second-order valence-corrected chi connectivity index (χ2v) is 1.87. The van der Waals surface area contributed by atoms with Crippen molar-refractivity contribution in [1.82, 2.24) is 0 Å². The third kappa shape index (κ3) is 7.84. The molecule has 4 N–H and O–H groups in total. The zero-order chi connectivity index (χ0) is 7.66. The molecule has 0 saturated carbocycles. The maximum absolute atomic E-state index is 5.23. The van der Waals surface area contributed by atoms with Crippen LogP contribution in [-0.2, 0) is 9.47 Å². The van der Waals surface area contributed by atoms with Crippen molar-refractivity contribution in [2.24, 2.45) is 11.5 Å².